The van der Waals surface area contributed by atoms with Crippen LogP contribution in [0.25, 0.3) is 0 Å². The number of carbonyl (C=O) groups is 4. The summed E-state index contributed by atoms with van der Waals surface area (Å²) in [5.74, 6) is -1.15. The average molecular weight is 388 g/mol. The van der Waals surface area contributed by atoms with Crippen molar-refractivity contribution in [3.8, 4) is 0 Å². The smallest absolute Gasteiger partial charge is 0.407 e. The minimum absolute atomic E-state index is 0.111. The van der Waals surface area contributed by atoms with Crippen molar-refractivity contribution in [2.75, 3.05) is 5.73 Å². The lowest BCUT2D eigenvalue weighted by Gasteiger charge is -2.29. The zero-order valence-electron chi connectivity index (χ0n) is 16.1. The van der Waals surface area contributed by atoms with E-state index in [1.807, 2.05) is 0 Å². The molecule has 0 bridgehead atoms. The Labute approximate surface area is 162 Å². The van der Waals surface area contributed by atoms with Gasteiger partial charge in [0.15, 0.2) is 0 Å². The second-order valence-corrected chi connectivity index (χ2v) is 7.93. The fourth-order valence-electron chi connectivity index (χ4n) is 3.36. The van der Waals surface area contributed by atoms with Gasteiger partial charge in [0.25, 0.3) is 5.91 Å². The van der Waals surface area contributed by atoms with Crippen molar-refractivity contribution in [3.63, 3.8) is 0 Å². The SMILES string of the molecule is CC(C)(C)OC(=O)NCc1ccc2c(c1N)C(=O)N(C1CCC(=O)NC1=O)C2. The Morgan fingerprint density at radius 1 is 1.32 bits per heavy atom. The standard InChI is InChI=1S/C19H24N4O5/c1-19(2,3)28-18(27)21-8-10-4-5-11-9-23(17(26)14(11)15(10)20)12-6-7-13(24)22-16(12)25/h4-5,12H,6-9,20H2,1-3H3,(H,21,27)(H,22,24,25). The van der Waals surface area contributed by atoms with E-state index < -0.39 is 23.6 Å². The first kappa shape index (κ1) is 19.7. The summed E-state index contributed by atoms with van der Waals surface area (Å²) in [5, 5.41) is 4.89. The molecule has 150 valence electrons. The van der Waals surface area contributed by atoms with Crippen LogP contribution in [0.2, 0.25) is 0 Å². The van der Waals surface area contributed by atoms with E-state index in [0.717, 1.165) is 0 Å². The number of benzene rings is 1. The molecule has 2 heterocycles. The Kier molecular flexibility index (Phi) is 5.01. The van der Waals surface area contributed by atoms with Gasteiger partial charge in [-0.1, -0.05) is 12.1 Å². The Morgan fingerprint density at radius 2 is 2.04 bits per heavy atom. The van der Waals surface area contributed by atoms with Gasteiger partial charge >= 0.3 is 6.09 Å². The van der Waals surface area contributed by atoms with Crippen LogP contribution in [0.15, 0.2) is 12.1 Å². The molecule has 1 saturated heterocycles. The molecular formula is C19H24N4O5. The van der Waals surface area contributed by atoms with Crippen LogP contribution in [0.4, 0.5) is 10.5 Å². The molecule has 2 aliphatic heterocycles. The molecule has 0 radical (unpaired) electrons. The van der Waals surface area contributed by atoms with Crippen molar-refractivity contribution in [2.45, 2.75) is 58.3 Å². The van der Waals surface area contributed by atoms with Crippen LogP contribution in [0.3, 0.4) is 0 Å². The fourth-order valence-corrected chi connectivity index (χ4v) is 3.36. The third-order valence-electron chi connectivity index (χ3n) is 4.65. The maximum Gasteiger partial charge on any atom is 0.407 e. The molecule has 1 fully saturated rings. The molecule has 4 N–H and O–H groups in total. The highest BCUT2D eigenvalue weighted by molar-refractivity contribution is 6.07. The van der Waals surface area contributed by atoms with E-state index in [1.165, 1.54) is 4.90 Å². The third-order valence-corrected chi connectivity index (χ3v) is 4.65. The Balaban J connectivity index is 1.74. The number of anilines is 1. The summed E-state index contributed by atoms with van der Waals surface area (Å²) in [6.45, 7) is 5.65. The molecule has 9 nitrogen and oxygen atoms in total. The van der Waals surface area contributed by atoms with Crippen molar-refractivity contribution in [1.29, 1.82) is 0 Å². The van der Waals surface area contributed by atoms with E-state index in [2.05, 4.69) is 10.6 Å². The van der Waals surface area contributed by atoms with Gasteiger partial charge in [-0.2, -0.15) is 0 Å². The first-order chi connectivity index (χ1) is 13.1. The Bertz CT molecular complexity index is 859. The highest BCUT2D eigenvalue weighted by Crippen LogP contribution is 2.33. The van der Waals surface area contributed by atoms with Crippen molar-refractivity contribution < 1.29 is 23.9 Å². The summed E-state index contributed by atoms with van der Waals surface area (Å²) >= 11 is 0. The number of alkyl carbamates (subject to hydrolysis) is 1. The molecule has 4 amide bonds. The number of imide groups is 1. The third kappa shape index (κ3) is 3.92. The zero-order chi connectivity index (χ0) is 20.6. The molecule has 1 aromatic carbocycles. The number of rotatable bonds is 3. The quantitative estimate of drug-likeness (QED) is 0.524. The number of nitrogens with zero attached hydrogens (tertiary/aromatic N) is 1. The topological polar surface area (TPSA) is 131 Å². The fraction of sp³-hybridized carbons (Fsp3) is 0.474. The Morgan fingerprint density at radius 3 is 2.68 bits per heavy atom. The summed E-state index contributed by atoms with van der Waals surface area (Å²) in [4.78, 5) is 49.6. The zero-order valence-corrected chi connectivity index (χ0v) is 16.1. The van der Waals surface area contributed by atoms with E-state index in [1.54, 1.807) is 32.9 Å². The largest absolute Gasteiger partial charge is 0.444 e. The van der Waals surface area contributed by atoms with Gasteiger partial charge in [-0.05, 0) is 38.3 Å². The first-order valence-electron chi connectivity index (χ1n) is 9.08. The molecule has 28 heavy (non-hydrogen) atoms. The number of amides is 4. The Hall–Kier alpha value is -3.10. The van der Waals surface area contributed by atoms with Crippen LogP contribution in [-0.4, -0.2) is 40.4 Å². The second kappa shape index (κ2) is 7.14. The predicted octanol–water partition coefficient (Wildman–Crippen LogP) is 1.05. The predicted molar refractivity (Wildman–Crippen MR) is 100.0 cm³/mol. The molecule has 1 aromatic rings. The summed E-state index contributed by atoms with van der Waals surface area (Å²) in [6.07, 6.45) is -0.0991. The average Bonchev–Trinajstić information content (AvgIpc) is 2.90. The van der Waals surface area contributed by atoms with Crippen LogP contribution in [0, 0.1) is 0 Å². The van der Waals surface area contributed by atoms with Gasteiger partial charge in [-0.15, -0.1) is 0 Å². The number of piperidine rings is 1. The van der Waals surface area contributed by atoms with Crippen molar-refractivity contribution in [3.05, 3.63) is 28.8 Å². The van der Waals surface area contributed by atoms with Gasteiger partial charge in [0.2, 0.25) is 11.8 Å². The number of nitrogen functional groups attached to an aromatic ring is 1. The molecule has 1 unspecified atom stereocenters. The molecule has 3 rings (SSSR count). The minimum Gasteiger partial charge on any atom is -0.444 e. The number of hydrogen-bond donors (Lipinski definition) is 3. The van der Waals surface area contributed by atoms with E-state index in [9.17, 15) is 19.2 Å². The van der Waals surface area contributed by atoms with E-state index in [4.69, 9.17) is 10.5 Å². The number of ether oxygens (including phenoxy) is 1. The van der Waals surface area contributed by atoms with Gasteiger partial charge in [0, 0.05) is 25.2 Å². The number of hydrogen-bond acceptors (Lipinski definition) is 6. The van der Waals surface area contributed by atoms with Crippen LogP contribution in [0.5, 0.6) is 0 Å². The summed E-state index contributed by atoms with van der Waals surface area (Å²) in [7, 11) is 0. The number of nitrogens with two attached hydrogens (primary N) is 1. The van der Waals surface area contributed by atoms with Gasteiger partial charge in [-0.25, -0.2) is 4.79 Å². The van der Waals surface area contributed by atoms with Crippen molar-refractivity contribution >= 4 is 29.5 Å². The van der Waals surface area contributed by atoms with Crippen LogP contribution >= 0.6 is 0 Å². The van der Waals surface area contributed by atoms with Gasteiger partial charge in [-0.3, -0.25) is 19.7 Å². The maximum atomic E-state index is 12.9. The summed E-state index contributed by atoms with van der Waals surface area (Å²) in [5.41, 5.74) is 7.49. The monoisotopic (exact) mass is 388 g/mol. The second-order valence-electron chi connectivity index (χ2n) is 7.93. The summed E-state index contributed by atoms with van der Waals surface area (Å²) in [6, 6.07) is 2.81. The van der Waals surface area contributed by atoms with Crippen LogP contribution in [0.1, 0.15) is 55.1 Å². The molecule has 2 aliphatic rings. The summed E-state index contributed by atoms with van der Waals surface area (Å²) < 4.78 is 5.19. The number of fused-ring (bicyclic) bond motifs is 1. The lowest BCUT2D eigenvalue weighted by atomic mass is 10.0. The van der Waals surface area contributed by atoms with Crippen molar-refractivity contribution in [2.24, 2.45) is 0 Å². The van der Waals surface area contributed by atoms with Crippen molar-refractivity contribution in [1.82, 2.24) is 15.5 Å². The minimum atomic E-state index is -0.694. The van der Waals surface area contributed by atoms with Crippen LogP contribution in [-0.2, 0) is 27.4 Å². The number of nitrogens with one attached hydrogen (secondary N) is 2. The number of carbonyl (C=O) groups excluding carboxylic acids is 4. The molecule has 0 aliphatic carbocycles. The molecule has 0 spiro atoms. The lowest BCUT2D eigenvalue weighted by Crippen LogP contribution is -2.52. The molecular weight excluding hydrogens is 364 g/mol. The molecule has 0 aromatic heterocycles. The molecule has 0 saturated carbocycles. The van der Waals surface area contributed by atoms with E-state index in [-0.39, 0.29) is 43.4 Å². The highest BCUT2D eigenvalue weighted by Gasteiger charge is 2.40. The van der Waals surface area contributed by atoms with Crippen LogP contribution < -0.4 is 16.4 Å². The normalized spacial score (nSPS) is 19.3. The first-order valence-corrected chi connectivity index (χ1v) is 9.08. The highest BCUT2D eigenvalue weighted by atomic mass is 16.6. The maximum absolute atomic E-state index is 12.9. The molecule has 9 heteroatoms. The molecule has 1 atom stereocenters. The van der Waals surface area contributed by atoms with E-state index >= 15 is 0 Å². The van der Waals surface area contributed by atoms with Gasteiger partial charge < -0.3 is 20.7 Å². The van der Waals surface area contributed by atoms with E-state index in [0.29, 0.717) is 16.7 Å². The lowest BCUT2D eigenvalue weighted by molar-refractivity contribution is -0.136. The van der Waals surface area contributed by atoms with Gasteiger partial charge in [0.05, 0.1) is 5.56 Å². The van der Waals surface area contributed by atoms with Gasteiger partial charge in [0.1, 0.15) is 11.6 Å².